The second-order valence-electron chi connectivity index (χ2n) is 10.5. The first kappa shape index (κ1) is 21.7. The third-order valence-electron chi connectivity index (χ3n) is 8.24. The molecule has 1 fully saturated rings. The molecule has 3 aliphatic rings. The fourth-order valence-corrected chi connectivity index (χ4v) is 7.07. The van der Waals surface area contributed by atoms with Gasteiger partial charge in [-0.3, -0.25) is 14.2 Å². The first-order valence-corrected chi connectivity index (χ1v) is 13.8. The van der Waals surface area contributed by atoms with E-state index in [1.54, 1.807) is 0 Å². The van der Waals surface area contributed by atoms with Crippen LogP contribution in [0.5, 0.6) is 0 Å². The molecule has 0 bridgehead atoms. The van der Waals surface area contributed by atoms with Gasteiger partial charge in [-0.2, -0.15) is 5.10 Å². The van der Waals surface area contributed by atoms with E-state index in [4.69, 9.17) is 15.2 Å². The number of piperidine rings is 1. The van der Waals surface area contributed by atoms with E-state index in [0.717, 1.165) is 67.7 Å². The van der Waals surface area contributed by atoms with E-state index in [1.165, 1.54) is 23.4 Å². The van der Waals surface area contributed by atoms with Crippen molar-refractivity contribution in [2.75, 3.05) is 18.0 Å². The molecule has 10 heteroatoms. The van der Waals surface area contributed by atoms with Crippen LogP contribution in [0.25, 0.3) is 5.52 Å². The molecule has 0 saturated carbocycles. The average Bonchev–Trinajstić information content (AvgIpc) is 3.53. The minimum Gasteiger partial charge on any atom is -0.355 e. The fourth-order valence-electron chi connectivity index (χ4n) is 6.35. The van der Waals surface area contributed by atoms with Gasteiger partial charge in [-0.25, -0.2) is 14.2 Å². The van der Waals surface area contributed by atoms with Gasteiger partial charge in [0.1, 0.15) is 16.4 Å². The highest BCUT2D eigenvalue weighted by atomic mass is 79.9. The van der Waals surface area contributed by atoms with Crippen LogP contribution in [0.4, 0.5) is 5.82 Å². The Hall–Kier alpha value is -1.78. The second-order valence-corrected chi connectivity index (χ2v) is 13.1. The van der Waals surface area contributed by atoms with Crippen LogP contribution >= 0.6 is 15.9 Å². The summed E-state index contributed by atoms with van der Waals surface area (Å²) in [5.41, 5.74) is 5.31. The lowest BCUT2D eigenvalue weighted by Crippen LogP contribution is -2.45. The predicted molar refractivity (Wildman–Crippen MR) is 133 cm³/mol. The minimum atomic E-state index is -1.37. The second kappa shape index (κ2) is 7.61. The summed E-state index contributed by atoms with van der Waals surface area (Å²) in [5.74, 6) is 1.33. The van der Waals surface area contributed by atoms with Crippen molar-refractivity contribution in [1.82, 2.24) is 24.1 Å². The summed E-state index contributed by atoms with van der Waals surface area (Å²) in [6, 6.07) is 0. The molecule has 0 aromatic carbocycles. The molecule has 5 heterocycles. The van der Waals surface area contributed by atoms with Gasteiger partial charge in [0.25, 0.3) is 0 Å². The average molecular weight is 533 g/mol. The Morgan fingerprint density at radius 1 is 1.27 bits per heavy atom. The number of nitrogens with zero attached hydrogens (tertiary/aromatic N) is 6. The molecule has 8 nitrogen and oxygen atoms in total. The molecule has 2 atom stereocenters. The monoisotopic (exact) mass is 531 g/mol. The summed E-state index contributed by atoms with van der Waals surface area (Å²) in [6.07, 6.45) is 11.9. The lowest BCUT2D eigenvalue weighted by molar-refractivity contribution is 0.155. The largest absolute Gasteiger partial charge is 0.355 e. The van der Waals surface area contributed by atoms with Crippen LogP contribution in [-0.4, -0.2) is 46.2 Å². The van der Waals surface area contributed by atoms with E-state index >= 15 is 0 Å². The molecule has 0 amide bonds. The van der Waals surface area contributed by atoms with Crippen molar-refractivity contribution in [1.29, 1.82) is 0 Å². The number of anilines is 1. The third kappa shape index (κ3) is 3.31. The number of fused-ring (bicyclic) bond motifs is 4. The SMILES string of the molecule is CC(C)(C[C@@H]1c2c3c(nn2CC12CCN(c1ncc(Br)n4cncc14)CC2)CCC3)S(N)=O. The zero-order valence-corrected chi connectivity index (χ0v) is 21.5. The summed E-state index contributed by atoms with van der Waals surface area (Å²) in [6.45, 7) is 6.92. The fraction of sp³-hybridized carbons (Fsp3) is 0.609. The number of aromatic nitrogens is 5. The first-order chi connectivity index (χ1) is 15.8. The molecular formula is C23H30BrN7OS. The van der Waals surface area contributed by atoms with E-state index in [-0.39, 0.29) is 5.41 Å². The maximum atomic E-state index is 12.4. The molecular weight excluding hydrogens is 502 g/mol. The lowest BCUT2D eigenvalue weighted by atomic mass is 9.66. The van der Waals surface area contributed by atoms with E-state index < -0.39 is 15.7 Å². The molecule has 6 rings (SSSR count). The van der Waals surface area contributed by atoms with Gasteiger partial charge in [0.15, 0.2) is 5.82 Å². The highest BCUT2D eigenvalue weighted by Gasteiger charge is 2.52. The zero-order chi connectivity index (χ0) is 23.0. The molecule has 1 unspecified atom stereocenters. The number of rotatable bonds is 4. The van der Waals surface area contributed by atoms with Crippen LogP contribution in [0.2, 0.25) is 0 Å². The Morgan fingerprint density at radius 3 is 2.82 bits per heavy atom. The van der Waals surface area contributed by atoms with Crippen LogP contribution in [-0.2, 0) is 30.4 Å². The standard InChI is InChI=1S/C23H30BrN7OS/c1-22(2,33(25)32)10-16-20-15-4-3-5-17(15)28-31(20)13-23(16)6-8-29(9-7-23)21-18-11-26-14-30(18)19(24)12-27-21/h11-12,14,16H,3-10,13,25H2,1-2H3/t16-,33?/m1/s1. The molecule has 3 aromatic rings. The van der Waals surface area contributed by atoms with Gasteiger partial charge in [-0.05, 0) is 73.9 Å². The minimum absolute atomic E-state index is 0.124. The molecule has 176 valence electrons. The Kier molecular flexibility index (Phi) is 5.01. The van der Waals surface area contributed by atoms with E-state index in [1.807, 2.05) is 37.0 Å². The normalized spacial score (nSPS) is 22.8. The summed E-state index contributed by atoms with van der Waals surface area (Å²) in [5, 5.41) is 11.0. The molecule has 1 saturated heterocycles. The number of aryl methyl sites for hydroxylation is 1. The smallest absolute Gasteiger partial charge is 0.154 e. The lowest BCUT2D eigenvalue weighted by Gasteiger charge is -2.44. The van der Waals surface area contributed by atoms with Gasteiger partial charge in [-0.15, -0.1) is 0 Å². The number of hydrogen-bond donors (Lipinski definition) is 1. The maximum absolute atomic E-state index is 12.4. The predicted octanol–water partition coefficient (Wildman–Crippen LogP) is 3.35. The number of hydrogen-bond acceptors (Lipinski definition) is 5. The van der Waals surface area contributed by atoms with Crippen molar-refractivity contribution in [3.05, 3.63) is 40.3 Å². The van der Waals surface area contributed by atoms with Gasteiger partial charge < -0.3 is 4.90 Å². The van der Waals surface area contributed by atoms with Gasteiger partial charge >= 0.3 is 0 Å². The van der Waals surface area contributed by atoms with Crippen LogP contribution in [0, 0.1) is 5.41 Å². The number of halogens is 1. The summed E-state index contributed by atoms with van der Waals surface area (Å²) in [7, 11) is -1.37. The molecule has 2 aliphatic heterocycles. The maximum Gasteiger partial charge on any atom is 0.154 e. The summed E-state index contributed by atoms with van der Waals surface area (Å²) >= 11 is 3.56. The number of imidazole rings is 1. The van der Waals surface area contributed by atoms with Crippen molar-refractivity contribution in [3.63, 3.8) is 0 Å². The molecule has 1 aliphatic carbocycles. The molecule has 1 spiro atoms. The molecule has 2 N–H and O–H groups in total. The highest BCUT2D eigenvalue weighted by Crippen LogP contribution is 2.56. The van der Waals surface area contributed by atoms with Crippen LogP contribution in [0.1, 0.15) is 62.4 Å². The topological polar surface area (TPSA) is 94.3 Å². The van der Waals surface area contributed by atoms with Crippen LogP contribution in [0.15, 0.2) is 23.3 Å². The Balaban J connectivity index is 1.32. The van der Waals surface area contributed by atoms with Crippen LogP contribution in [0.3, 0.4) is 0 Å². The van der Waals surface area contributed by atoms with Gasteiger partial charge in [0.2, 0.25) is 0 Å². The van der Waals surface area contributed by atoms with Gasteiger partial charge in [0.05, 0.1) is 33.8 Å². The van der Waals surface area contributed by atoms with Crippen molar-refractivity contribution < 1.29 is 4.21 Å². The Morgan fingerprint density at radius 2 is 2.06 bits per heavy atom. The summed E-state index contributed by atoms with van der Waals surface area (Å²) in [4.78, 5) is 11.5. The Bertz CT molecular complexity index is 1260. The molecule has 3 aromatic heterocycles. The van der Waals surface area contributed by atoms with E-state index in [0.29, 0.717) is 5.92 Å². The first-order valence-electron chi connectivity index (χ1n) is 11.8. The van der Waals surface area contributed by atoms with Crippen molar-refractivity contribution in [2.24, 2.45) is 10.6 Å². The van der Waals surface area contributed by atoms with Crippen molar-refractivity contribution >= 4 is 38.3 Å². The van der Waals surface area contributed by atoms with Crippen LogP contribution < -0.4 is 10.0 Å². The van der Waals surface area contributed by atoms with Crippen molar-refractivity contribution in [2.45, 2.75) is 69.6 Å². The zero-order valence-electron chi connectivity index (χ0n) is 19.1. The Labute approximate surface area is 204 Å². The van der Waals surface area contributed by atoms with E-state index in [2.05, 4.69) is 30.5 Å². The summed E-state index contributed by atoms with van der Waals surface area (Å²) < 4.78 is 17.2. The molecule has 0 radical (unpaired) electrons. The van der Waals surface area contributed by atoms with Gasteiger partial charge in [-0.1, -0.05) is 0 Å². The van der Waals surface area contributed by atoms with Gasteiger partial charge in [0, 0.05) is 36.7 Å². The van der Waals surface area contributed by atoms with Crippen molar-refractivity contribution in [3.8, 4) is 0 Å². The molecule has 33 heavy (non-hydrogen) atoms. The highest BCUT2D eigenvalue weighted by molar-refractivity contribution is 9.10. The number of nitrogens with two attached hydrogens (primary N) is 1. The van der Waals surface area contributed by atoms with E-state index in [9.17, 15) is 4.21 Å². The quantitative estimate of drug-likeness (QED) is 0.556. The third-order valence-corrected chi connectivity index (χ3v) is 10.1.